The third-order valence-electron chi connectivity index (χ3n) is 6.94. The van der Waals surface area contributed by atoms with Gasteiger partial charge in [-0.2, -0.15) is 0 Å². The van der Waals surface area contributed by atoms with E-state index in [1.54, 1.807) is 12.4 Å². The number of benzene rings is 1. The van der Waals surface area contributed by atoms with E-state index in [-0.39, 0.29) is 35.0 Å². The standard InChI is InChI=1S/C26H27ClF3N5O3S/c27-17-5-2-6-18(28)20(17)24(36)33-13-19(22-21(23(29)30)34-14-39-22)35-11-7-16(8-12-35)38-26-25(31-9-10-32-26)37-15-3-1-4-15/h2,5-6,9-10,14-16,19,23H,1,3-4,7-8,11-13H2,(H,33,36). The fourth-order valence-corrected chi connectivity index (χ4v) is 5.82. The highest BCUT2D eigenvalue weighted by atomic mass is 35.5. The summed E-state index contributed by atoms with van der Waals surface area (Å²) < 4.78 is 53.8. The van der Waals surface area contributed by atoms with Crippen LogP contribution in [0.15, 0.2) is 36.1 Å². The van der Waals surface area contributed by atoms with Crippen molar-refractivity contribution < 1.29 is 27.4 Å². The van der Waals surface area contributed by atoms with Gasteiger partial charge in [0.15, 0.2) is 0 Å². The van der Waals surface area contributed by atoms with E-state index in [0.717, 1.165) is 36.7 Å². The summed E-state index contributed by atoms with van der Waals surface area (Å²) in [6.45, 7) is 0.983. The molecule has 1 unspecified atom stereocenters. The van der Waals surface area contributed by atoms with Crippen LogP contribution in [-0.2, 0) is 0 Å². The number of carbonyl (C=O) groups excluding carboxylic acids is 1. The maximum absolute atomic E-state index is 14.3. The Kier molecular flexibility index (Phi) is 8.83. The van der Waals surface area contributed by atoms with Crippen molar-refractivity contribution in [3.8, 4) is 11.8 Å². The minimum atomic E-state index is -2.77. The molecule has 5 rings (SSSR count). The molecular formula is C26H27ClF3N5O3S. The summed E-state index contributed by atoms with van der Waals surface area (Å²) >= 11 is 7.14. The molecule has 0 bridgehead atoms. The average Bonchev–Trinajstić information content (AvgIpc) is 3.38. The van der Waals surface area contributed by atoms with E-state index in [9.17, 15) is 18.0 Å². The Hall–Kier alpha value is -2.96. The van der Waals surface area contributed by atoms with Gasteiger partial charge in [0.05, 0.1) is 27.0 Å². The third-order valence-corrected chi connectivity index (χ3v) is 8.20. The molecule has 0 spiro atoms. The summed E-state index contributed by atoms with van der Waals surface area (Å²) in [5, 5.41) is 2.65. The quantitative estimate of drug-likeness (QED) is 0.333. The van der Waals surface area contributed by atoms with Crippen molar-refractivity contribution >= 4 is 28.8 Å². The van der Waals surface area contributed by atoms with Gasteiger partial charge in [-0.25, -0.2) is 28.1 Å². The van der Waals surface area contributed by atoms with E-state index >= 15 is 0 Å². The minimum absolute atomic E-state index is 0.0273. The van der Waals surface area contributed by atoms with Gasteiger partial charge in [0, 0.05) is 32.0 Å². The number of thiazole rings is 1. The molecule has 1 saturated carbocycles. The van der Waals surface area contributed by atoms with Gasteiger partial charge in [-0.3, -0.25) is 9.69 Å². The number of alkyl halides is 2. The zero-order chi connectivity index (χ0) is 27.4. The van der Waals surface area contributed by atoms with Crippen molar-refractivity contribution in [1.82, 2.24) is 25.2 Å². The Labute approximate surface area is 232 Å². The van der Waals surface area contributed by atoms with Crippen LogP contribution < -0.4 is 14.8 Å². The Bertz CT molecular complexity index is 1270. The number of piperidine rings is 1. The number of rotatable bonds is 10. The summed E-state index contributed by atoms with van der Waals surface area (Å²) in [4.78, 5) is 27.6. The van der Waals surface area contributed by atoms with E-state index in [4.69, 9.17) is 21.1 Å². The van der Waals surface area contributed by atoms with Crippen molar-refractivity contribution in [1.29, 1.82) is 0 Å². The number of halogens is 4. The predicted octanol–water partition coefficient (Wildman–Crippen LogP) is 5.61. The molecular weight excluding hydrogens is 555 g/mol. The Morgan fingerprint density at radius 1 is 1.08 bits per heavy atom. The van der Waals surface area contributed by atoms with Gasteiger partial charge in [-0.05, 0) is 44.2 Å². The molecule has 1 amide bonds. The second-order valence-corrected chi connectivity index (χ2v) is 10.7. The molecule has 39 heavy (non-hydrogen) atoms. The number of hydrogen-bond acceptors (Lipinski definition) is 8. The van der Waals surface area contributed by atoms with Crippen LogP contribution in [0, 0.1) is 5.82 Å². The van der Waals surface area contributed by atoms with Gasteiger partial charge in [0.1, 0.15) is 23.7 Å². The Morgan fingerprint density at radius 3 is 2.33 bits per heavy atom. The first-order valence-electron chi connectivity index (χ1n) is 12.7. The largest absolute Gasteiger partial charge is 0.471 e. The van der Waals surface area contributed by atoms with E-state index in [1.807, 2.05) is 4.90 Å². The zero-order valence-corrected chi connectivity index (χ0v) is 22.4. The minimum Gasteiger partial charge on any atom is -0.471 e. The smallest absolute Gasteiger partial charge is 0.281 e. The predicted molar refractivity (Wildman–Crippen MR) is 139 cm³/mol. The summed E-state index contributed by atoms with van der Waals surface area (Å²) in [6.07, 6.45) is 4.56. The number of hydrogen-bond donors (Lipinski definition) is 1. The molecule has 3 aromatic rings. The van der Waals surface area contributed by atoms with Crippen molar-refractivity contribution in [2.75, 3.05) is 19.6 Å². The van der Waals surface area contributed by atoms with E-state index < -0.39 is 24.2 Å². The first-order chi connectivity index (χ1) is 18.9. The van der Waals surface area contributed by atoms with Crippen LogP contribution in [0.4, 0.5) is 13.2 Å². The van der Waals surface area contributed by atoms with E-state index in [0.29, 0.717) is 42.6 Å². The number of nitrogens with one attached hydrogen (secondary N) is 1. The average molecular weight is 582 g/mol. The molecule has 8 nitrogen and oxygen atoms in total. The highest BCUT2D eigenvalue weighted by Crippen LogP contribution is 2.35. The van der Waals surface area contributed by atoms with Gasteiger partial charge in [-0.15, -0.1) is 11.3 Å². The van der Waals surface area contributed by atoms with Crippen molar-refractivity contribution in [2.24, 2.45) is 0 Å². The fourth-order valence-electron chi connectivity index (χ4n) is 4.64. The van der Waals surface area contributed by atoms with Crippen molar-refractivity contribution in [3.05, 3.63) is 63.1 Å². The molecule has 1 aliphatic carbocycles. The van der Waals surface area contributed by atoms with Gasteiger partial charge in [0.2, 0.25) is 0 Å². The Balaban J connectivity index is 1.27. The fraction of sp³-hybridized carbons (Fsp3) is 0.462. The zero-order valence-electron chi connectivity index (χ0n) is 20.9. The molecule has 13 heteroatoms. The molecule has 1 aromatic carbocycles. The van der Waals surface area contributed by atoms with Crippen LogP contribution >= 0.6 is 22.9 Å². The normalized spacial score (nSPS) is 17.6. The second-order valence-electron chi connectivity index (χ2n) is 9.42. The third kappa shape index (κ3) is 6.44. The molecule has 1 N–H and O–H groups in total. The van der Waals surface area contributed by atoms with Gasteiger partial charge < -0.3 is 14.8 Å². The lowest BCUT2D eigenvalue weighted by Crippen LogP contribution is -2.44. The topological polar surface area (TPSA) is 89.5 Å². The second kappa shape index (κ2) is 12.5. The van der Waals surface area contributed by atoms with E-state index in [1.165, 1.54) is 17.6 Å². The van der Waals surface area contributed by atoms with Crippen LogP contribution in [0.5, 0.6) is 11.8 Å². The number of amides is 1. The summed E-state index contributed by atoms with van der Waals surface area (Å²) in [7, 11) is 0. The lowest BCUT2D eigenvalue weighted by Gasteiger charge is -2.37. The van der Waals surface area contributed by atoms with Crippen molar-refractivity contribution in [2.45, 2.75) is 56.8 Å². The lowest BCUT2D eigenvalue weighted by molar-refractivity contribution is 0.0595. The maximum Gasteiger partial charge on any atom is 0.281 e. The number of ether oxygens (including phenoxy) is 2. The monoisotopic (exact) mass is 581 g/mol. The Morgan fingerprint density at radius 2 is 1.74 bits per heavy atom. The van der Waals surface area contributed by atoms with Crippen molar-refractivity contribution in [3.63, 3.8) is 0 Å². The van der Waals surface area contributed by atoms with Crippen LogP contribution in [0.3, 0.4) is 0 Å². The highest BCUT2D eigenvalue weighted by Gasteiger charge is 2.33. The molecule has 1 atom stereocenters. The summed E-state index contributed by atoms with van der Waals surface area (Å²) in [5.41, 5.74) is 0.763. The molecule has 1 aliphatic heterocycles. The van der Waals surface area contributed by atoms with Gasteiger partial charge in [-0.1, -0.05) is 17.7 Å². The SMILES string of the molecule is O=C(NCC(c1scnc1C(F)F)N1CCC(Oc2nccnc2OC2CCC2)CC1)c1c(F)cccc1Cl. The van der Waals surface area contributed by atoms with Gasteiger partial charge >= 0.3 is 0 Å². The molecule has 3 heterocycles. The number of nitrogens with zero attached hydrogens (tertiary/aromatic N) is 4. The molecule has 2 aromatic heterocycles. The number of aromatic nitrogens is 3. The highest BCUT2D eigenvalue weighted by molar-refractivity contribution is 7.09. The summed E-state index contributed by atoms with van der Waals surface area (Å²) in [6, 6.07) is 3.37. The number of carbonyl (C=O) groups is 1. The first-order valence-corrected chi connectivity index (χ1v) is 14.0. The molecule has 208 valence electrons. The van der Waals surface area contributed by atoms with Crippen LogP contribution in [0.25, 0.3) is 0 Å². The molecule has 1 saturated heterocycles. The van der Waals surface area contributed by atoms with Gasteiger partial charge in [0.25, 0.3) is 24.1 Å². The molecule has 2 fully saturated rings. The maximum atomic E-state index is 14.3. The van der Waals surface area contributed by atoms with Crippen LogP contribution in [-0.4, -0.2) is 57.6 Å². The van der Waals surface area contributed by atoms with Crippen LogP contribution in [0.1, 0.15) is 65.5 Å². The van der Waals surface area contributed by atoms with Crippen LogP contribution in [0.2, 0.25) is 5.02 Å². The first kappa shape index (κ1) is 27.6. The van der Waals surface area contributed by atoms with E-state index in [2.05, 4.69) is 20.3 Å². The summed E-state index contributed by atoms with van der Waals surface area (Å²) in [5.74, 6) is -0.754. The lowest BCUT2D eigenvalue weighted by atomic mass is 9.96. The molecule has 2 aliphatic rings. The molecule has 0 radical (unpaired) electrons. The number of likely N-dealkylation sites (tertiary alicyclic amines) is 1.